The zero-order valence-corrected chi connectivity index (χ0v) is 14.7. The molecule has 1 aromatic heterocycles. The molecule has 0 bridgehead atoms. The summed E-state index contributed by atoms with van der Waals surface area (Å²) in [6.45, 7) is 2.23. The molecule has 4 rings (SSSR count). The lowest BCUT2D eigenvalue weighted by atomic mass is 10.00. The van der Waals surface area contributed by atoms with Crippen molar-refractivity contribution in [1.82, 2.24) is 0 Å². The van der Waals surface area contributed by atoms with Crippen LogP contribution in [-0.4, -0.2) is 8.42 Å². The van der Waals surface area contributed by atoms with Crippen LogP contribution >= 0.6 is 11.3 Å². The number of thiophene rings is 1. The van der Waals surface area contributed by atoms with Gasteiger partial charge < -0.3 is 5.73 Å². The van der Waals surface area contributed by atoms with Crippen LogP contribution < -0.4 is 10.0 Å². The van der Waals surface area contributed by atoms with Crippen LogP contribution in [0, 0.1) is 6.92 Å². The lowest BCUT2D eigenvalue weighted by molar-refractivity contribution is 0.590. The molecule has 0 atom stereocenters. The van der Waals surface area contributed by atoms with Crippen molar-refractivity contribution in [1.29, 1.82) is 0 Å². The molecule has 4 nitrogen and oxygen atoms in total. The molecule has 3 aromatic rings. The second kappa shape index (κ2) is 5.36. The van der Waals surface area contributed by atoms with Gasteiger partial charge in [0.05, 0.1) is 22.0 Å². The van der Waals surface area contributed by atoms with Gasteiger partial charge in [-0.05, 0) is 42.1 Å². The zero-order valence-electron chi connectivity index (χ0n) is 13.1. The van der Waals surface area contributed by atoms with Crippen molar-refractivity contribution in [3.63, 3.8) is 0 Å². The summed E-state index contributed by atoms with van der Waals surface area (Å²) in [7, 11) is -3.62. The van der Waals surface area contributed by atoms with Gasteiger partial charge in [-0.3, -0.25) is 4.31 Å². The molecule has 0 saturated carbocycles. The Hall–Kier alpha value is -2.31. The first-order chi connectivity index (χ1) is 11.5. The minimum atomic E-state index is -3.62. The average molecular weight is 356 g/mol. The van der Waals surface area contributed by atoms with E-state index in [1.807, 2.05) is 48.7 Å². The molecule has 0 spiro atoms. The first kappa shape index (κ1) is 15.2. The molecule has 122 valence electrons. The van der Waals surface area contributed by atoms with E-state index in [0.29, 0.717) is 22.8 Å². The van der Waals surface area contributed by atoms with Gasteiger partial charge in [-0.1, -0.05) is 29.8 Å². The summed E-state index contributed by atoms with van der Waals surface area (Å²) >= 11 is 1.51. The third-order valence-electron chi connectivity index (χ3n) is 4.25. The largest absolute Gasteiger partial charge is 0.398 e. The van der Waals surface area contributed by atoms with Crippen LogP contribution in [0.4, 0.5) is 11.4 Å². The van der Waals surface area contributed by atoms with Crippen molar-refractivity contribution < 1.29 is 8.42 Å². The Morgan fingerprint density at radius 1 is 1.08 bits per heavy atom. The summed E-state index contributed by atoms with van der Waals surface area (Å²) < 4.78 is 27.8. The second-order valence-electron chi connectivity index (χ2n) is 5.84. The van der Waals surface area contributed by atoms with Gasteiger partial charge in [-0.25, -0.2) is 8.42 Å². The summed E-state index contributed by atoms with van der Waals surface area (Å²) in [5.74, 6) is 0. The van der Waals surface area contributed by atoms with Crippen LogP contribution in [-0.2, 0) is 16.6 Å². The highest BCUT2D eigenvalue weighted by molar-refractivity contribution is 7.92. The van der Waals surface area contributed by atoms with Gasteiger partial charge >= 0.3 is 0 Å². The first-order valence-corrected chi connectivity index (χ1v) is 9.85. The smallest absolute Gasteiger partial charge is 0.264 e. The number of benzene rings is 2. The molecule has 0 unspecified atom stereocenters. The van der Waals surface area contributed by atoms with Crippen LogP contribution in [0.2, 0.25) is 0 Å². The molecule has 0 saturated heterocycles. The van der Waals surface area contributed by atoms with Crippen molar-refractivity contribution in [2.75, 3.05) is 10.0 Å². The molecule has 1 aliphatic heterocycles. The maximum absolute atomic E-state index is 13.2. The van der Waals surface area contributed by atoms with Crippen molar-refractivity contribution in [3.8, 4) is 10.4 Å². The fourth-order valence-electron chi connectivity index (χ4n) is 3.01. The van der Waals surface area contributed by atoms with Crippen LogP contribution in [0.5, 0.6) is 0 Å². The number of rotatable bonds is 2. The van der Waals surface area contributed by atoms with Crippen LogP contribution in [0.25, 0.3) is 10.4 Å². The third kappa shape index (κ3) is 2.22. The molecule has 2 N–H and O–H groups in total. The van der Waals surface area contributed by atoms with E-state index in [0.717, 1.165) is 21.6 Å². The third-order valence-corrected chi connectivity index (χ3v) is 6.94. The Labute approximate surface area is 145 Å². The van der Waals surface area contributed by atoms with Crippen molar-refractivity contribution >= 4 is 32.7 Å². The number of hydrogen-bond donors (Lipinski definition) is 1. The maximum Gasteiger partial charge on any atom is 0.264 e. The van der Waals surface area contributed by atoms with Crippen molar-refractivity contribution in [2.24, 2.45) is 0 Å². The predicted octanol–water partition coefficient (Wildman–Crippen LogP) is 4.01. The minimum Gasteiger partial charge on any atom is -0.398 e. The molecule has 1 aliphatic rings. The van der Waals surface area contributed by atoms with E-state index in [9.17, 15) is 8.42 Å². The molecule has 2 heterocycles. The molecule has 0 aliphatic carbocycles. The van der Waals surface area contributed by atoms with Gasteiger partial charge in [-0.15, -0.1) is 11.3 Å². The molecular weight excluding hydrogens is 340 g/mol. The zero-order chi connectivity index (χ0) is 16.9. The van der Waals surface area contributed by atoms with Crippen molar-refractivity contribution in [3.05, 3.63) is 65.0 Å². The van der Waals surface area contributed by atoms with Gasteiger partial charge in [0.25, 0.3) is 10.0 Å². The summed E-state index contributed by atoms with van der Waals surface area (Å²) in [5, 5.41) is 1.91. The molecule has 0 fully saturated rings. The topological polar surface area (TPSA) is 63.4 Å². The molecule has 0 amide bonds. The number of sulfonamides is 1. The molecule has 24 heavy (non-hydrogen) atoms. The number of anilines is 2. The second-order valence-corrected chi connectivity index (χ2v) is 8.62. The molecule has 2 aromatic carbocycles. The van der Waals surface area contributed by atoms with E-state index in [-0.39, 0.29) is 0 Å². The fourth-order valence-corrected chi connectivity index (χ4v) is 5.52. The van der Waals surface area contributed by atoms with E-state index >= 15 is 0 Å². The predicted molar refractivity (Wildman–Crippen MR) is 98.7 cm³/mol. The normalized spacial score (nSPS) is 13.5. The van der Waals surface area contributed by atoms with Crippen LogP contribution in [0.15, 0.2) is 58.8 Å². The Balaban J connectivity index is 1.88. The van der Waals surface area contributed by atoms with E-state index in [1.54, 1.807) is 12.1 Å². The number of nitrogens with two attached hydrogens (primary N) is 1. The van der Waals surface area contributed by atoms with Gasteiger partial charge in [0.15, 0.2) is 0 Å². The summed E-state index contributed by atoms with van der Waals surface area (Å²) in [5.41, 5.74) is 10.4. The summed E-state index contributed by atoms with van der Waals surface area (Å²) in [6.07, 6.45) is 0. The van der Waals surface area contributed by atoms with Gasteiger partial charge in [0.1, 0.15) is 0 Å². The first-order valence-electron chi connectivity index (χ1n) is 7.53. The Bertz CT molecular complexity index is 1020. The van der Waals surface area contributed by atoms with E-state index in [1.165, 1.54) is 15.6 Å². The van der Waals surface area contributed by atoms with Crippen molar-refractivity contribution in [2.45, 2.75) is 18.4 Å². The minimum absolute atomic E-state index is 0.292. The molecule has 0 radical (unpaired) electrons. The number of aryl methyl sites for hydroxylation is 1. The SMILES string of the molecule is Cc1ccc(S(=O)(=O)N2Cc3cccc(N)c3-c3sccc32)cc1. The Morgan fingerprint density at radius 3 is 2.58 bits per heavy atom. The monoisotopic (exact) mass is 356 g/mol. The Kier molecular flexibility index (Phi) is 3.40. The number of nitrogens with zero attached hydrogens (tertiary/aromatic N) is 1. The molecular formula is C18H16N2O2S2. The fraction of sp³-hybridized carbons (Fsp3) is 0.111. The average Bonchev–Trinajstić information content (AvgIpc) is 3.03. The van der Waals surface area contributed by atoms with Gasteiger partial charge in [-0.2, -0.15) is 0 Å². The standard InChI is InChI=1S/C18H16N2O2S2/c1-12-5-7-14(8-6-12)24(21,22)20-11-13-3-2-4-15(19)17(13)18-16(20)9-10-23-18/h2-10H,11,19H2,1H3. The number of nitrogen functional groups attached to an aromatic ring is 1. The van der Waals surface area contributed by atoms with Gasteiger partial charge in [0, 0.05) is 11.3 Å². The highest BCUT2D eigenvalue weighted by Gasteiger charge is 2.33. The highest BCUT2D eigenvalue weighted by atomic mass is 32.2. The maximum atomic E-state index is 13.2. The highest BCUT2D eigenvalue weighted by Crippen LogP contribution is 2.47. The van der Waals surface area contributed by atoms with Crippen LogP contribution in [0.3, 0.4) is 0 Å². The van der Waals surface area contributed by atoms with E-state index in [4.69, 9.17) is 5.73 Å². The van der Waals surface area contributed by atoms with E-state index < -0.39 is 10.0 Å². The quantitative estimate of drug-likeness (QED) is 0.706. The van der Waals surface area contributed by atoms with Crippen LogP contribution in [0.1, 0.15) is 11.1 Å². The van der Waals surface area contributed by atoms with Gasteiger partial charge in [0.2, 0.25) is 0 Å². The Morgan fingerprint density at radius 2 is 1.83 bits per heavy atom. The molecule has 6 heteroatoms. The van der Waals surface area contributed by atoms with E-state index in [2.05, 4.69) is 0 Å². The summed E-state index contributed by atoms with van der Waals surface area (Å²) in [4.78, 5) is 1.21. The number of fused-ring (bicyclic) bond motifs is 3. The number of hydrogen-bond acceptors (Lipinski definition) is 4. The lowest BCUT2D eigenvalue weighted by Crippen LogP contribution is -2.32. The lowest BCUT2D eigenvalue weighted by Gasteiger charge is -2.30. The summed E-state index contributed by atoms with van der Waals surface area (Å²) in [6, 6.07) is 14.5.